The zero-order valence-electron chi connectivity index (χ0n) is 21.1. The molecule has 0 spiro atoms. The van der Waals surface area contributed by atoms with Gasteiger partial charge in [-0.3, -0.25) is 0 Å². The monoisotopic (exact) mass is 529 g/mol. The SMILES string of the molecule is COCC(C)(C)c1c(-c2ccc(C(=O)O)cc2)c2c(OCc3ccccc3)cc(F)cc2n1CC(F)(F)F. The van der Waals surface area contributed by atoms with Gasteiger partial charge in [0.2, 0.25) is 0 Å². The fourth-order valence-corrected chi connectivity index (χ4v) is 4.79. The number of carbonyl (C=O) groups is 1. The number of halogens is 4. The summed E-state index contributed by atoms with van der Waals surface area (Å²) in [4.78, 5) is 11.4. The lowest BCUT2D eigenvalue weighted by Gasteiger charge is -2.28. The highest BCUT2D eigenvalue weighted by Crippen LogP contribution is 2.46. The number of fused-ring (bicyclic) bond motifs is 1. The van der Waals surface area contributed by atoms with Crippen molar-refractivity contribution in [3.63, 3.8) is 0 Å². The lowest BCUT2D eigenvalue weighted by atomic mass is 9.84. The molecule has 5 nitrogen and oxygen atoms in total. The Bertz CT molecular complexity index is 1440. The summed E-state index contributed by atoms with van der Waals surface area (Å²) in [5.41, 5.74) is 1.02. The molecule has 0 amide bonds. The highest BCUT2D eigenvalue weighted by atomic mass is 19.4. The number of benzene rings is 3. The second kappa shape index (κ2) is 10.5. The topological polar surface area (TPSA) is 60.7 Å². The van der Waals surface area contributed by atoms with Crippen LogP contribution < -0.4 is 4.74 Å². The van der Waals surface area contributed by atoms with Crippen molar-refractivity contribution in [2.45, 2.75) is 38.6 Å². The van der Waals surface area contributed by atoms with E-state index in [0.717, 1.165) is 22.3 Å². The van der Waals surface area contributed by atoms with Gasteiger partial charge in [0.1, 0.15) is 24.7 Å². The van der Waals surface area contributed by atoms with Gasteiger partial charge < -0.3 is 19.1 Å². The number of aromatic nitrogens is 1. The van der Waals surface area contributed by atoms with Gasteiger partial charge in [0.05, 0.1) is 23.1 Å². The molecule has 38 heavy (non-hydrogen) atoms. The minimum absolute atomic E-state index is 0.0156. The second-order valence-electron chi connectivity index (χ2n) is 9.70. The normalized spacial score (nSPS) is 12.2. The summed E-state index contributed by atoms with van der Waals surface area (Å²) in [6, 6.07) is 17.2. The van der Waals surface area contributed by atoms with Crippen LogP contribution in [0.25, 0.3) is 22.0 Å². The summed E-state index contributed by atoms with van der Waals surface area (Å²) in [5.74, 6) is -1.80. The van der Waals surface area contributed by atoms with Crippen LogP contribution in [0.4, 0.5) is 17.6 Å². The molecule has 0 unspecified atom stereocenters. The summed E-state index contributed by atoms with van der Waals surface area (Å²) >= 11 is 0. The third-order valence-corrected chi connectivity index (χ3v) is 6.23. The van der Waals surface area contributed by atoms with Gasteiger partial charge in [-0.2, -0.15) is 13.2 Å². The van der Waals surface area contributed by atoms with Crippen molar-refractivity contribution in [3.05, 3.63) is 89.4 Å². The van der Waals surface area contributed by atoms with Crippen LogP contribution in [-0.4, -0.2) is 35.5 Å². The van der Waals surface area contributed by atoms with Crippen molar-refractivity contribution in [2.75, 3.05) is 13.7 Å². The van der Waals surface area contributed by atoms with E-state index in [1.165, 1.54) is 31.4 Å². The van der Waals surface area contributed by atoms with E-state index >= 15 is 0 Å². The molecule has 4 aromatic rings. The number of nitrogens with zero attached hydrogens (tertiary/aromatic N) is 1. The fourth-order valence-electron chi connectivity index (χ4n) is 4.79. The lowest BCUT2D eigenvalue weighted by Crippen LogP contribution is -2.30. The zero-order valence-corrected chi connectivity index (χ0v) is 21.1. The molecule has 0 atom stereocenters. The number of hydrogen-bond acceptors (Lipinski definition) is 3. The maximum Gasteiger partial charge on any atom is 0.406 e. The van der Waals surface area contributed by atoms with E-state index in [2.05, 4.69) is 0 Å². The Labute approximate surface area is 217 Å². The first-order valence-corrected chi connectivity index (χ1v) is 11.8. The van der Waals surface area contributed by atoms with E-state index in [4.69, 9.17) is 9.47 Å². The van der Waals surface area contributed by atoms with Gasteiger partial charge >= 0.3 is 12.1 Å². The van der Waals surface area contributed by atoms with Gasteiger partial charge in [-0.1, -0.05) is 56.3 Å². The van der Waals surface area contributed by atoms with Gasteiger partial charge in [-0.05, 0) is 29.3 Å². The van der Waals surface area contributed by atoms with E-state index < -0.39 is 29.9 Å². The molecule has 0 radical (unpaired) electrons. The van der Waals surface area contributed by atoms with Gasteiger partial charge in [0, 0.05) is 29.8 Å². The molecule has 0 aliphatic rings. The lowest BCUT2D eigenvalue weighted by molar-refractivity contribution is -0.140. The molecule has 0 aliphatic carbocycles. The third kappa shape index (κ3) is 5.67. The number of hydrogen-bond donors (Lipinski definition) is 1. The summed E-state index contributed by atoms with van der Waals surface area (Å²) in [5, 5.41) is 9.65. The summed E-state index contributed by atoms with van der Waals surface area (Å²) in [6.45, 7) is 2.27. The first-order chi connectivity index (χ1) is 17.9. The third-order valence-electron chi connectivity index (χ3n) is 6.23. The molecule has 1 N–H and O–H groups in total. The molecule has 1 heterocycles. The van der Waals surface area contributed by atoms with Crippen molar-refractivity contribution in [1.82, 2.24) is 4.57 Å². The van der Waals surface area contributed by atoms with Crippen molar-refractivity contribution < 1.29 is 36.9 Å². The molecular formula is C29H27F4NO4. The van der Waals surface area contributed by atoms with Crippen molar-refractivity contribution >= 4 is 16.9 Å². The molecule has 0 bridgehead atoms. The highest BCUT2D eigenvalue weighted by Gasteiger charge is 2.37. The standard InChI is InChI=1S/C29H27F4NO4/c1-28(2,17-37-3)26-24(19-9-11-20(12-10-19)27(35)36)25-22(34(26)16-29(31,32)33)13-21(30)14-23(25)38-15-18-7-5-4-6-8-18/h4-14H,15-17H2,1-3H3,(H,35,36). The van der Waals surface area contributed by atoms with Gasteiger partial charge in [-0.15, -0.1) is 0 Å². The minimum Gasteiger partial charge on any atom is -0.488 e. The summed E-state index contributed by atoms with van der Waals surface area (Å²) < 4.78 is 69.1. The van der Waals surface area contributed by atoms with Crippen LogP contribution in [0.3, 0.4) is 0 Å². The average Bonchev–Trinajstić information content (AvgIpc) is 3.16. The quantitative estimate of drug-likeness (QED) is 0.233. The Morgan fingerprint density at radius 3 is 2.24 bits per heavy atom. The van der Waals surface area contributed by atoms with Crippen molar-refractivity contribution in [2.24, 2.45) is 0 Å². The van der Waals surface area contributed by atoms with Crippen LogP contribution in [0.1, 0.15) is 35.5 Å². The van der Waals surface area contributed by atoms with E-state index in [0.29, 0.717) is 16.5 Å². The van der Waals surface area contributed by atoms with Crippen molar-refractivity contribution in [3.8, 4) is 16.9 Å². The summed E-state index contributed by atoms with van der Waals surface area (Å²) in [6.07, 6.45) is -4.61. The van der Waals surface area contributed by atoms with E-state index in [1.54, 1.807) is 13.8 Å². The number of carboxylic acids is 1. The molecule has 0 saturated heterocycles. The fraction of sp³-hybridized carbons (Fsp3) is 0.276. The average molecular weight is 530 g/mol. The van der Waals surface area contributed by atoms with Gasteiger partial charge in [0.15, 0.2) is 0 Å². The van der Waals surface area contributed by atoms with Crippen LogP contribution in [0.15, 0.2) is 66.7 Å². The molecule has 1 aromatic heterocycles. The number of carboxylic acid groups (broad SMARTS) is 1. The van der Waals surface area contributed by atoms with Crippen LogP contribution >= 0.6 is 0 Å². The van der Waals surface area contributed by atoms with E-state index in [9.17, 15) is 27.5 Å². The number of aromatic carboxylic acids is 1. The Morgan fingerprint density at radius 1 is 1.00 bits per heavy atom. The van der Waals surface area contributed by atoms with Crippen molar-refractivity contribution in [1.29, 1.82) is 0 Å². The largest absolute Gasteiger partial charge is 0.488 e. The summed E-state index contributed by atoms with van der Waals surface area (Å²) in [7, 11) is 1.45. The van der Waals surface area contributed by atoms with Crippen LogP contribution in [-0.2, 0) is 23.3 Å². The predicted molar refractivity (Wildman–Crippen MR) is 136 cm³/mol. The number of rotatable bonds is 9. The molecule has 9 heteroatoms. The smallest absolute Gasteiger partial charge is 0.406 e. The van der Waals surface area contributed by atoms with Crippen LogP contribution in [0, 0.1) is 5.82 Å². The number of ether oxygens (including phenoxy) is 2. The number of methoxy groups -OCH3 is 1. The molecule has 0 fully saturated rings. The molecule has 0 aliphatic heterocycles. The first kappa shape index (κ1) is 27.2. The molecular weight excluding hydrogens is 502 g/mol. The zero-order chi connectivity index (χ0) is 27.7. The molecule has 4 rings (SSSR count). The van der Waals surface area contributed by atoms with Crippen LogP contribution in [0.2, 0.25) is 0 Å². The molecule has 3 aromatic carbocycles. The maximum atomic E-state index is 14.9. The van der Waals surface area contributed by atoms with Gasteiger partial charge in [0.25, 0.3) is 0 Å². The number of alkyl halides is 3. The van der Waals surface area contributed by atoms with E-state index in [1.807, 2.05) is 30.3 Å². The second-order valence-corrected chi connectivity index (χ2v) is 9.70. The Balaban J connectivity index is 2.06. The Hall–Kier alpha value is -3.85. The Kier molecular flexibility index (Phi) is 7.51. The van der Waals surface area contributed by atoms with E-state index in [-0.39, 0.29) is 35.7 Å². The molecule has 200 valence electrons. The van der Waals surface area contributed by atoms with Gasteiger partial charge in [-0.25, -0.2) is 9.18 Å². The van der Waals surface area contributed by atoms with Crippen LogP contribution in [0.5, 0.6) is 5.75 Å². The molecule has 0 saturated carbocycles. The Morgan fingerprint density at radius 2 is 1.66 bits per heavy atom. The predicted octanol–water partition coefficient (Wildman–Crippen LogP) is 7.21. The maximum absolute atomic E-state index is 14.9. The highest BCUT2D eigenvalue weighted by molar-refractivity contribution is 6.03. The first-order valence-electron chi connectivity index (χ1n) is 11.8. The minimum atomic E-state index is -4.61.